The Hall–Kier alpha value is -1.02. The van der Waals surface area contributed by atoms with Crippen molar-refractivity contribution in [2.75, 3.05) is 11.4 Å². The predicted molar refractivity (Wildman–Crippen MR) is 67.2 cm³/mol. The first-order valence-electron chi connectivity index (χ1n) is 5.64. The predicted octanol–water partition coefficient (Wildman–Crippen LogP) is 2.90. The summed E-state index contributed by atoms with van der Waals surface area (Å²) in [6.45, 7) is 4.59. The molecule has 0 aliphatic carbocycles. The van der Waals surface area contributed by atoms with Gasteiger partial charge in [-0.1, -0.05) is 17.7 Å². The van der Waals surface area contributed by atoms with E-state index in [9.17, 15) is 4.79 Å². The van der Waals surface area contributed by atoms with Gasteiger partial charge in [0, 0.05) is 12.2 Å². The Labute approximate surface area is 101 Å². The number of hydrogen-bond acceptors (Lipinski definition) is 1. The van der Waals surface area contributed by atoms with E-state index < -0.39 is 5.38 Å². The second kappa shape index (κ2) is 4.46. The van der Waals surface area contributed by atoms with Crippen LogP contribution in [0, 0.1) is 6.92 Å². The highest BCUT2D eigenvalue weighted by Gasteiger charge is 2.24. The second-order valence-electron chi connectivity index (χ2n) is 4.34. The van der Waals surface area contributed by atoms with Gasteiger partial charge in [0.25, 0.3) is 0 Å². The number of fused-ring (bicyclic) bond motifs is 1. The molecule has 0 saturated heterocycles. The van der Waals surface area contributed by atoms with Crippen LogP contribution in [-0.4, -0.2) is 17.8 Å². The van der Waals surface area contributed by atoms with Crippen LogP contribution in [0.15, 0.2) is 18.2 Å². The molecule has 0 N–H and O–H groups in total. The first-order chi connectivity index (χ1) is 7.59. The van der Waals surface area contributed by atoms with E-state index in [0.29, 0.717) is 0 Å². The van der Waals surface area contributed by atoms with Crippen molar-refractivity contribution in [1.82, 2.24) is 0 Å². The molecule has 0 bridgehead atoms. The third kappa shape index (κ3) is 2.07. The van der Waals surface area contributed by atoms with E-state index in [4.69, 9.17) is 11.6 Å². The molecule has 0 unspecified atom stereocenters. The number of amides is 1. The maximum absolute atomic E-state index is 11.9. The zero-order valence-corrected chi connectivity index (χ0v) is 10.4. The van der Waals surface area contributed by atoms with Crippen molar-refractivity contribution < 1.29 is 4.79 Å². The number of carbonyl (C=O) groups excluding carboxylic acids is 1. The van der Waals surface area contributed by atoms with E-state index in [1.807, 2.05) is 17.0 Å². The Bertz CT molecular complexity index is 414. The number of halogens is 1. The molecule has 16 heavy (non-hydrogen) atoms. The first-order valence-corrected chi connectivity index (χ1v) is 6.08. The molecule has 1 heterocycles. The summed E-state index contributed by atoms with van der Waals surface area (Å²) >= 11 is 5.87. The van der Waals surface area contributed by atoms with Crippen molar-refractivity contribution in [3.05, 3.63) is 29.3 Å². The maximum Gasteiger partial charge on any atom is 0.244 e. The number of alkyl halides is 1. The molecular formula is C13H16ClNO. The van der Waals surface area contributed by atoms with Crippen LogP contribution in [-0.2, 0) is 11.2 Å². The van der Waals surface area contributed by atoms with Crippen molar-refractivity contribution in [2.24, 2.45) is 0 Å². The molecule has 0 radical (unpaired) electrons. The fourth-order valence-corrected chi connectivity index (χ4v) is 2.29. The highest BCUT2D eigenvalue weighted by Crippen LogP contribution is 2.28. The van der Waals surface area contributed by atoms with Gasteiger partial charge in [-0.2, -0.15) is 0 Å². The van der Waals surface area contributed by atoms with Gasteiger partial charge >= 0.3 is 0 Å². The van der Waals surface area contributed by atoms with Gasteiger partial charge in [0.15, 0.2) is 0 Å². The zero-order chi connectivity index (χ0) is 11.7. The van der Waals surface area contributed by atoms with Crippen LogP contribution in [0.3, 0.4) is 0 Å². The molecule has 1 atom stereocenters. The summed E-state index contributed by atoms with van der Waals surface area (Å²) in [5, 5.41) is -0.452. The van der Waals surface area contributed by atoms with Gasteiger partial charge in [0.2, 0.25) is 5.91 Å². The molecule has 1 amide bonds. The van der Waals surface area contributed by atoms with Crippen LogP contribution in [0.1, 0.15) is 24.5 Å². The standard InChI is InChI=1S/C13H16ClNO/c1-9-5-6-12-11(8-9)4-3-7-15(12)13(16)10(2)14/h5-6,8,10H,3-4,7H2,1-2H3/t10-/m1/s1. The number of hydrogen-bond donors (Lipinski definition) is 0. The molecular weight excluding hydrogens is 222 g/mol. The van der Waals surface area contributed by atoms with Crippen LogP contribution in [0.5, 0.6) is 0 Å². The van der Waals surface area contributed by atoms with Gasteiger partial charge in [0.05, 0.1) is 0 Å². The Morgan fingerprint density at radius 2 is 2.25 bits per heavy atom. The smallest absolute Gasteiger partial charge is 0.244 e. The maximum atomic E-state index is 11.9. The normalized spacial score (nSPS) is 16.8. The van der Waals surface area contributed by atoms with Crippen molar-refractivity contribution in [3.63, 3.8) is 0 Å². The van der Waals surface area contributed by atoms with E-state index in [1.54, 1.807) is 6.92 Å². The molecule has 2 rings (SSSR count). The molecule has 0 spiro atoms. The third-order valence-electron chi connectivity index (χ3n) is 2.96. The number of nitrogens with zero attached hydrogens (tertiary/aromatic N) is 1. The minimum absolute atomic E-state index is 0.00599. The highest BCUT2D eigenvalue weighted by molar-refractivity contribution is 6.32. The van der Waals surface area contributed by atoms with Crippen molar-refractivity contribution in [1.29, 1.82) is 0 Å². The lowest BCUT2D eigenvalue weighted by atomic mass is 9.99. The van der Waals surface area contributed by atoms with Crippen molar-refractivity contribution in [3.8, 4) is 0 Å². The minimum Gasteiger partial charge on any atom is -0.311 e. The monoisotopic (exact) mass is 237 g/mol. The molecule has 1 aliphatic heterocycles. The van der Waals surface area contributed by atoms with E-state index in [0.717, 1.165) is 25.1 Å². The molecule has 0 saturated carbocycles. The summed E-state index contributed by atoms with van der Waals surface area (Å²) in [4.78, 5) is 13.8. The van der Waals surface area contributed by atoms with Gasteiger partial charge < -0.3 is 4.90 Å². The lowest BCUT2D eigenvalue weighted by Crippen LogP contribution is -2.39. The Kier molecular flexibility index (Phi) is 3.20. The van der Waals surface area contributed by atoms with Gasteiger partial charge in [0.1, 0.15) is 5.38 Å². The van der Waals surface area contributed by atoms with Crippen LogP contribution in [0.25, 0.3) is 0 Å². The largest absolute Gasteiger partial charge is 0.311 e. The lowest BCUT2D eigenvalue weighted by Gasteiger charge is -2.30. The Balaban J connectivity index is 2.37. The van der Waals surface area contributed by atoms with Crippen molar-refractivity contribution in [2.45, 2.75) is 32.1 Å². The average Bonchev–Trinajstić information content (AvgIpc) is 2.26. The number of carbonyl (C=O) groups is 1. The number of rotatable bonds is 1. The van der Waals surface area contributed by atoms with Crippen molar-refractivity contribution >= 4 is 23.2 Å². The van der Waals surface area contributed by atoms with E-state index in [2.05, 4.69) is 13.0 Å². The number of aryl methyl sites for hydroxylation is 2. The van der Waals surface area contributed by atoms with E-state index in [-0.39, 0.29) is 5.91 Å². The Morgan fingerprint density at radius 3 is 2.94 bits per heavy atom. The van der Waals surface area contributed by atoms with Gasteiger partial charge in [-0.3, -0.25) is 4.79 Å². The topological polar surface area (TPSA) is 20.3 Å². The molecule has 1 aliphatic rings. The summed E-state index contributed by atoms with van der Waals surface area (Å²) in [5.74, 6) is 0.00599. The molecule has 1 aromatic carbocycles. The summed E-state index contributed by atoms with van der Waals surface area (Å²) < 4.78 is 0. The molecule has 0 aromatic heterocycles. The zero-order valence-electron chi connectivity index (χ0n) is 9.66. The molecule has 2 nitrogen and oxygen atoms in total. The van der Waals surface area contributed by atoms with Crippen LogP contribution in [0.2, 0.25) is 0 Å². The average molecular weight is 238 g/mol. The molecule has 0 fully saturated rings. The quantitative estimate of drug-likeness (QED) is 0.688. The third-order valence-corrected chi connectivity index (χ3v) is 3.15. The summed E-state index contributed by atoms with van der Waals surface area (Å²) in [6, 6.07) is 6.23. The number of anilines is 1. The van der Waals surface area contributed by atoms with Crippen LogP contribution >= 0.6 is 11.6 Å². The molecule has 3 heteroatoms. The van der Waals surface area contributed by atoms with Gasteiger partial charge in [-0.05, 0) is 38.3 Å². The first kappa shape index (κ1) is 11.5. The van der Waals surface area contributed by atoms with Crippen LogP contribution < -0.4 is 4.90 Å². The number of benzene rings is 1. The van der Waals surface area contributed by atoms with E-state index in [1.165, 1.54) is 11.1 Å². The Morgan fingerprint density at radius 1 is 1.50 bits per heavy atom. The molecule has 86 valence electrons. The summed E-state index contributed by atoms with van der Waals surface area (Å²) in [6.07, 6.45) is 2.07. The SMILES string of the molecule is Cc1ccc2c(c1)CCCN2C(=O)[C@@H](C)Cl. The fourth-order valence-electron chi connectivity index (χ4n) is 2.17. The van der Waals surface area contributed by atoms with Gasteiger partial charge in [-0.15, -0.1) is 11.6 Å². The minimum atomic E-state index is -0.452. The van der Waals surface area contributed by atoms with E-state index >= 15 is 0 Å². The van der Waals surface area contributed by atoms with Gasteiger partial charge in [-0.25, -0.2) is 0 Å². The fraction of sp³-hybridized carbons (Fsp3) is 0.462. The second-order valence-corrected chi connectivity index (χ2v) is 5.00. The molecule has 1 aromatic rings. The lowest BCUT2D eigenvalue weighted by molar-refractivity contribution is -0.118. The summed E-state index contributed by atoms with van der Waals surface area (Å²) in [7, 11) is 0. The summed E-state index contributed by atoms with van der Waals surface area (Å²) in [5.41, 5.74) is 3.54. The highest BCUT2D eigenvalue weighted by atomic mass is 35.5. The van der Waals surface area contributed by atoms with Crippen LogP contribution in [0.4, 0.5) is 5.69 Å².